The van der Waals surface area contributed by atoms with E-state index in [-0.39, 0.29) is 23.7 Å². The van der Waals surface area contributed by atoms with Crippen LogP contribution in [0.2, 0.25) is 10.0 Å². The van der Waals surface area contributed by atoms with Gasteiger partial charge in [0.2, 0.25) is 0 Å². The monoisotopic (exact) mass is 606 g/mol. The summed E-state index contributed by atoms with van der Waals surface area (Å²) in [5, 5.41) is 0.997. The van der Waals surface area contributed by atoms with Gasteiger partial charge in [-0.25, -0.2) is 9.59 Å². The van der Waals surface area contributed by atoms with E-state index in [4.69, 9.17) is 44.1 Å². The molecule has 41 heavy (non-hydrogen) atoms. The number of esters is 2. The molecule has 11 heteroatoms. The molecule has 8 nitrogen and oxygen atoms in total. The summed E-state index contributed by atoms with van der Waals surface area (Å²) in [5.41, 5.74) is 15.7. The number of halogens is 2. The molecule has 4 N–H and O–H groups in total. The molecule has 0 spiro atoms. The van der Waals surface area contributed by atoms with Crippen molar-refractivity contribution in [3.63, 3.8) is 0 Å². The highest BCUT2D eigenvalue weighted by atomic mass is 35.5. The third-order valence-electron chi connectivity index (χ3n) is 7.28. The van der Waals surface area contributed by atoms with Crippen molar-refractivity contribution in [2.45, 2.75) is 59.7 Å². The predicted molar refractivity (Wildman–Crippen MR) is 170 cm³/mol. The molecule has 1 aliphatic rings. The Balaban J connectivity index is 0.000000309. The third-order valence-corrected chi connectivity index (χ3v) is 8.07. The zero-order chi connectivity index (χ0) is 31.9. The lowest BCUT2D eigenvalue weighted by Crippen LogP contribution is -2.58. The summed E-state index contributed by atoms with van der Waals surface area (Å²) in [6.07, 6.45) is 1.57. The van der Waals surface area contributed by atoms with Gasteiger partial charge in [-0.05, 0) is 77.3 Å². The number of nitrogen functional groups attached to an aromatic ring is 2. The lowest BCUT2D eigenvalue weighted by atomic mass is 9.66. The number of anilines is 2. The minimum atomic E-state index is -0.502. The van der Waals surface area contributed by atoms with Crippen molar-refractivity contribution in [3.05, 3.63) is 74.7 Å². The number of benzene rings is 2. The summed E-state index contributed by atoms with van der Waals surface area (Å²) in [6, 6.07) is 3.04. The quantitative estimate of drug-likeness (QED) is 0.220. The molecule has 2 aromatic rings. The van der Waals surface area contributed by atoms with Crippen molar-refractivity contribution < 1.29 is 28.5 Å². The van der Waals surface area contributed by atoms with Crippen LogP contribution in [0.1, 0.15) is 70.7 Å². The Morgan fingerprint density at radius 3 is 1.76 bits per heavy atom. The van der Waals surface area contributed by atoms with Crippen molar-refractivity contribution >= 4 is 59.5 Å². The topological polar surface area (TPSA) is 123 Å². The molecule has 0 amide bonds. The van der Waals surface area contributed by atoms with E-state index in [0.717, 1.165) is 16.7 Å². The van der Waals surface area contributed by atoms with Gasteiger partial charge in [0.05, 0.1) is 48.7 Å². The summed E-state index contributed by atoms with van der Waals surface area (Å²) in [7, 11) is 2.61. The van der Waals surface area contributed by atoms with Crippen LogP contribution in [-0.4, -0.2) is 50.8 Å². The molecule has 0 aromatic heterocycles. The fraction of sp³-hybridized carbons (Fsp3) is 0.400. The minimum absolute atomic E-state index is 0.0352. The molecule has 0 saturated carbocycles. The Kier molecular flexibility index (Phi) is 13.0. The highest BCUT2D eigenvalue weighted by Crippen LogP contribution is 2.33. The van der Waals surface area contributed by atoms with Crippen LogP contribution >= 0.6 is 23.2 Å². The second-order valence-corrected chi connectivity index (χ2v) is 11.2. The maximum atomic E-state index is 11.4. The summed E-state index contributed by atoms with van der Waals surface area (Å²) in [4.78, 5) is 22.7. The van der Waals surface area contributed by atoms with E-state index in [1.54, 1.807) is 12.1 Å². The molecule has 1 aliphatic heterocycles. The first-order valence-corrected chi connectivity index (χ1v) is 13.5. The summed E-state index contributed by atoms with van der Waals surface area (Å²) >= 11 is 11.9. The number of ether oxygens (including phenoxy) is 3. The first kappa shape index (κ1) is 36.1. The molecular formula is C30H41BCl2N2O6. The van der Waals surface area contributed by atoms with Gasteiger partial charge in [0.15, 0.2) is 0 Å². The third kappa shape index (κ3) is 8.52. The minimum Gasteiger partial charge on any atom is -0.465 e. The summed E-state index contributed by atoms with van der Waals surface area (Å²) in [6.45, 7) is 21.6. The molecule has 0 radical (unpaired) electrons. The summed E-state index contributed by atoms with van der Waals surface area (Å²) in [5.74, 6) is 0.821. The molecule has 0 bridgehead atoms. The number of rotatable bonds is 4. The fourth-order valence-corrected chi connectivity index (χ4v) is 4.10. The fourth-order valence-electron chi connectivity index (χ4n) is 3.64. The van der Waals surface area contributed by atoms with Gasteiger partial charge in [-0.3, -0.25) is 0 Å². The van der Waals surface area contributed by atoms with E-state index in [2.05, 4.69) is 22.6 Å². The number of hydrogen-bond donors (Lipinski definition) is 2. The molecule has 224 valence electrons. The highest BCUT2D eigenvalue weighted by Gasteiger charge is 2.45. The molecule has 1 saturated heterocycles. The first-order valence-electron chi connectivity index (χ1n) is 12.8. The van der Waals surface area contributed by atoms with Crippen LogP contribution < -0.4 is 11.5 Å². The highest BCUT2D eigenvalue weighted by molar-refractivity contribution is 6.57. The Bertz CT molecular complexity index is 1310. The molecule has 3 rings (SSSR count). The van der Waals surface area contributed by atoms with Crippen LogP contribution in [-0.2, 0) is 18.9 Å². The maximum absolute atomic E-state index is 11.4. The van der Waals surface area contributed by atoms with Crippen LogP contribution in [0.25, 0.3) is 6.08 Å². The Morgan fingerprint density at radius 2 is 1.34 bits per heavy atom. The number of methoxy groups -OCH3 is 2. The van der Waals surface area contributed by atoms with Crippen molar-refractivity contribution in [2.24, 2.45) is 0 Å². The number of carbonyl (C=O) groups excluding carboxylic acids is 2. The van der Waals surface area contributed by atoms with E-state index in [9.17, 15) is 9.59 Å². The van der Waals surface area contributed by atoms with Gasteiger partial charge < -0.3 is 30.3 Å². The molecule has 0 aliphatic carbocycles. The molecular weight excluding hydrogens is 566 g/mol. The van der Waals surface area contributed by atoms with Crippen LogP contribution in [0.15, 0.2) is 31.3 Å². The van der Waals surface area contributed by atoms with E-state index in [0.29, 0.717) is 39.1 Å². The second kappa shape index (κ2) is 14.8. The second-order valence-electron chi connectivity index (χ2n) is 10.3. The van der Waals surface area contributed by atoms with Crippen LogP contribution in [0.3, 0.4) is 0 Å². The van der Waals surface area contributed by atoms with Crippen molar-refractivity contribution in [1.82, 2.24) is 0 Å². The van der Waals surface area contributed by atoms with Crippen molar-refractivity contribution in [3.8, 4) is 0 Å². The zero-order valence-electron chi connectivity index (χ0n) is 25.4. The van der Waals surface area contributed by atoms with Crippen LogP contribution in [0.5, 0.6) is 0 Å². The van der Waals surface area contributed by atoms with Crippen LogP contribution in [0.4, 0.5) is 11.4 Å². The molecule has 2 aromatic carbocycles. The first-order chi connectivity index (χ1) is 18.9. The Hall–Kier alpha value is -2.98. The average molecular weight is 607 g/mol. The van der Waals surface area contributed by atoms with Gasteiger partial charge in [-0.1, -0.05) is 41.8 Å². The van der Waals surface area contributed by atoms with E-state index in [1.165, 1.54) is 26.4 Å². The van der Waals surface area contributed by atoms with Gasteiger partial charge in [0.25, 0.3) is 0 Å². The molecule has 1 fully saturated rings. The average Bonchev–Trinajstić information content (AvgIpc) is 2.93. The van der Waals surface area contributed by atoms with Crippen molar-refractivity contribution in [2.75, 3.05) is 32.2 Å². The largest absolute Gasteiger partial charge is 0.465 e. The van der Waals surface area contributed by atoms with Gasteiger partial charge >= 0.3 is 18.9 Å². The SMILES string of the molecule is C=CB1COC(C)(C)C(C)(C)O1.C=Cc1c(C)c(Cl)cc(C(=O)OC)c1N.COC(=O)c1cc(Cl)c(C)c(C)c1N. The van der Waals surface area contributed by atoms with Gasteiger partial charge in [0, 0.05) is 21.3 Å². The normalized spacial score (nSPS) is 14.9. The Morgan fingerprint density at radius 1 is 0.878 bits per heavy atom. The predicted octanol–water partition coefficient (Wildman–Crippen LogP) is 6.83. The standard InChI is InChI=1S/C11H12ClNO2.C10H12ClNO2.C9H17BO2/c1-4-7-6(2)9(12)5-8(10(7)13)11(14)15-3;1-5-6(2)9(12)7(4-8(5)11)10(13)14-3;1-6-10-7-11-8(2,3)9(4,5)12-10/h4-5H,1,13H2,2-3H3;4H,12H2,1-3H3;6H,1,7H2,2-5H3. The van der Waals surface area contributed by atoms with Gasteiger partial charge in [-0.2, -0.15) is 0 Å². The number of carbonyl (C=O) groups is 2. The lowest BCUT2D eigenvalue weighted by Gasteiger charge is -2.47. The lowest BCUT2D eigenvalue weighted by molar-refractivity contribution is -0.152. The van der Waals surface area contributed by atoms with Gasteiger partial charge in [0.1, 0.15) is 0 Å². The van der Waals surface area contributed by atoms with E-state index < -0.39 is 11.9 Å². The van der Waals surface area contributed by atoms with Crippen LogP contribution in [0, 0.1) is 20.8 Å². The molecule has 0 atom stereocenters. The van der Waals surface area contributed by atoms with E-state index in [1.807, 2.05) is 48.5 Å². The van der Waals surface area contributed by atoms with Gasteiger partial charge in [-0.15, -0.1) is 6.58 Å². The Labute approximate surface area is 254 Å². The number of nitrogens with two attached hydrogens (primary N) is 2. The van der Waals surface area contributed by atoms with Crippen molar-refractivity contribution in [1.29, 1.82) is 0 Å². The maximum Gasteiger partial charge on any atom is 0.345 e. The molecule has 0 unspecified atom stereocenters. The zero-order valence-corrected chi connectivity index (χ0v) is 26.9. The number of hydrogen-bond acceptors (Lipinski definition) is 8. The molecule has 1 heterocycles. The van der Waals surface area contributed by atoms with E-state index >= 15 is 0 Å². The summed E-state index contributed by atoms with van der Waals surface area (Å²) < 4.78 is 20.7. The smallest absolute Gasteiger partial charge is 0.345 e.